The lowest BCUT2D eigenvalue weighted by Crippen LogP contribution is -2.45. The van der Waals surface area contributed by atoms with Crippen molar-refractivity contribution in [1.29, 1.82) is 0 Å². The number of carbonyl (C=O) groups is 2. The molecule has 0 radical (unpaired) electrons. The van der Waals surface area contributed by atoms with Crippen molar-refractivity contribution in [2.45, 2.75) is 36.9 Å². The van der Waals surface area contributed by atoms with E-state index in [0.717, 1.165) is 12.8 Å². The number of nitrogens with zero attached hydrogens (tertiary/aromatic N) is 1. The maximum atomic E-state index is 11.5. The van der Waals surface area contributed by atoms with Gasteiger partial charge < -0.3 is 5.32 Å². The Morgan fingerprint density at radius 2 is 2.00 bits per heavy atom. The van der Waals surface area contributed by atoms with E-state index in [1.165, 1.54) is 24.2 Å². The van der Waals surface area contributed by atoms with Gasteiger partial charge in [0.1, 0.15) is 0 Å². The van der Waals surface area contributed by atoms with Gasteiger partial charge in [-0.3, -0.25) is 9.69 Å². The Morgan fingerprint density at radius 1 is 1.31 bits per heavy atom. The van der Waals surface area contributed by atoms with Crippen LogP contribution >= 0.6 is 11.8 Å². The summed E-state index contributed by atoms with van der Waals surface area (Å²) >= 11 is 1.81. The zero-order valence-corrected chi connectivity index (χ0v) is 10.4. The van der Waals surface area contributed by atoms with Crippen LogP contribution in [0, 0.1) is 0 Å². The van der Waals surface area contributed by atoms with E-state index < -0.39 is 0 Å². The first-order valence-corrected chi connectivity index (χ1v) is 7.03. The molecule has 1 saturated carbocycles. The van der Waals surface area contributed by atoms with E-state index in [9.17, 15) is 9.59 Å². The Morgan fingerprint density at radius 3 is 2.50 bits per heavy atom. The van der Waals surface area contributed by atoms with Gasteiger partial charge in [-0.15, -0.1) is 0 Å². The molecule has 2 rings (SSSR count). The molecule has 0 aromatic rings. The highest BCUT2D eigenvalue weighted by molar-refractivity contribution is 8.00. The normalized spacial score (nSPS) is 24.7. The van der Waals surface area contributed by atoms with Gasteiger partial charge in [-0.1, -0.05) is 19.3 Å². The van der Waals surface area contributed by atoms with Gasteiger partial charge >= 0.3 is 6.03 Å². The number of amides is 3. The van der Waals surface area contributed by atoms with E-state index in [4.69, 9.17) is 0 Å². The third-order valence-electron chi connectivity index (χ3n) is 3.58. The van der Waals surface area contributed by atoms with E-state index in [0.29, 0.717) is 6.54 Å². The first kappa shape index (κ1) is 11.8. The van der Waals surface area contributed by atoms with Crippen molar-refractivity contribution in [2.75, 3.05) is 19.3 Å². The molecule has 1 aliphatic carbocycles. The molecular formula is C11H18N2O2S. The van der Waals surface area contributed by atoms with Crippen LogP contribution in [0.1, 0.15) is 32.1 Å². The molecule has 1 saturated heterocycles. The zero-order valence-electron chi connectivity index (χ0n) is 9.62. The van der Waals surface area contributed by atoms with Crippen LogP contribution in [-0.4, -0.2) is 40.9 Å². The highest BCUT2D eigenvalue weighted by atomic mass is 32.2. The fraction of sp³-hybridized carbons (Fsp3) is 0.818. The van der Waals surface area contributed by atoms with Gasteiger partial charge in [0.25, 0.3) is 0 Å². The van der Waals surface area contributed by atoms with Crippen LogP contribution < -0.4 is 5.32 Å². The molecule has 0 spiro atoms. The molecule has 5 heteroatoms. The Kier molecular flexibility index (Phi) is 3.42. The summed E-state index contributed by atoms with van der Waals surface area (Å²) < 4.78 is 0.107. The van der Waals surface area contributed by atoms with Crippen molar-refractivity contribution in [1.82, 2.24) is 10.2 Å². The van der Waals surface area contributed by atoms with Crippen LogP contribution in [0.15, 0.2) is 0 Å². The summed E-state index contributed by atoms with van der Waals surface area (Å²) in [7, 11) is 0. The van der Waals surface area contributed by atoms with Crippen molar-refractivity contribution < 1.29 is 9.59 Å². The summed E-state index contributed by atoms with van der Waals surface area (Å²) in [6, 6.07) is -0.219. The van der Waals surface area contributed by atoms with Crippen LogP contribution in [0.2, 0.25) is 0 Å². The molecule has 0 bridgehead atoms. The molecule has 0 unspecified atom stereocenters. The first-order chi connectivity index (χ1) is 7.67. The predicted octanol–water partition coefficient (Wildman–Crippen LogP) is 1.60. The number of rotatable bonds is 3. The van der Waals surface area contributed by atoms with Gasteiger partial charge in [-0.05, 0) is 19.1 Å². The number of nitrogens with one attached hydrogen (secondary N) is 1. The zero-order chi connectivity index (χ0) is 11.6. The SMILES string of the molecule is CSC1(CN2C(=O)CNC2=O)CCCCC1. The van der Waals surface area contributed by atoms with Gasteiger partial charge in [0.05, 0.1) is 6.54 Å². The Hall–Kier alpha value is -0.710. The van der Waals surface area contributed by atoms with Crippen molar-refractivity contribution in [3.8, 4) is 0 Å². The van der Waals surface area contributed by atoms with Gasteiger partial charge in [-0.2, -0.15) is 11.8 Å². The lowest BCUT2D eigenvalue weighted by atomic mass is 9.88. The third-order valence-corrected chi connectivity index (χ3v) is 4.98. The molecule has 0 aromatic heterocycles. The molecule has 0 atom stereocenters. The van der Waals surface area contributed by atoms with E-state index in [1.807, 2.05) is 11.8 Å². The molecular weight excluding hydrogens is 224 g/mol. The summed E-state index contributed by atoms with van der Waals surface area (Å²) in [6.07, 6.45) is 8.03. The predicted molar refractivity (Wildman–Crippen MR) is 64.4 cm³/mol. The van der Waals surface area contributed by atoms with Gasteiger partial charge in [-0.25, -0.2) is 4.79 Å². The monoisotopic (exact) mass is 242 g/mol. The van der Waals surface area contributed by atoms with E-state index in [-0.39, 0.29) is 23.2 Å². The largest absolute Gasteiger partial charge is 0.329 e. The number of hydrogen-bond acceptors (Lipinski definition) is 3. The number of thioether (sulfide) groups is 1. The third kappa shape index (κ3) is 2.19. The topological polar surface area (TPSA) is 49.4 Å². The highest BCUT2D eigenvalue weighted by Gasteiger charge is 2.39. The Balaban J connectivity index is 2.05. The van der Waals surface area contributed by atoms with Crippen molar-refractivity contribution in [3.63, 3.8) is 0 Å². The highest BCUT2D eigenvalue weighted by Crippen LogP contribution is 2.39. The van der Waals surface area contributed by atoms with Gasteiger partial charge in [0.2, 0.25) is 5.91 Å². The molecule has 1 N–H and O–H groups in total. The van der Waals surface area contributed by atoms with E-state index in [2.05, 4.69) is 11.6 Å². The second kappa shape index (κ2) is 4.65. The first-order valence-electron chi connectivity index (χ1n) is 5.80. The summed E-state index contributed by atoms with van der Waals surface area (Å²) in [5.41, 5.74) is 0. The smallest absolute Gasteiger partial charge is 0.324 e. The summed E-state index contributed by atoms with van der Waals surface area (Å²) in [6.45, 7) is 0.752. The second-order valence-corrected chi connectivity index (χ2v) is 5.86. The fourth-order valence-corrected chi connectivity index (χ4v) is 3.48. The molecule has 0 aromatic carbocycles. The maximum absolute atomic E-state index is 11.5. The van der Waals surface area contributed by atoms with Crippen LogP contribution in [0.3, 0.4) is 0 Å². The van der Waals surface area contributed by atoms with E-state index >= 15 is 0 Å². The van der Waals surface area contributed by atoms with Crippen LogP contribution in [-0.2, 0) is 4.79 Å². The minimum absolute atomic E-state index is 0.0796. The molecule has 2 aliphatic rings. The summed E-state index contributed by atoms with van der Waals surface area (Å²) in [4.78, 5) is 24.4. The van der Waals surface area contributed by atoms with Crippen molar-refractivity contribution in [2.24, 2.45) is 0 Å². The molecule has 90 valence electrons. The minimum atomic E-state index is -0.219. The maximum Gasteiger partial charge on any atom is 0.324 e. The molecule has 1 heterocycles. The van der Waals surface area contributed by atoms with Crippen LogP contribution in [0.4, 0.5) is 4.79 Å². The standard InChI is InChI=1S/C11H18N2O2S/c1-16-11(5-3-2-4-6-11)8-13-9(14)7-12-10(13)15/h2-8H2,1H3,(H,12,15). The van der Waals surface area contributed by atoms with Crippen molar-refractivity contribution >= 4 is 23.7 Å². The summed E-state index contributed by atoms with van der Waals surface area (Å²) in [5, 5.41) is 2.58. The number of carbonyl (C=O) groups excluding carboxylic acids is 2. The lowest BCUT2D eigenvalue weighted by molar-refractivity contribution is -0.125. The molecule has 1 aliphatic heterocycles. The minimum Gasteiger partial charge on any atom is -0.329 e. The quantitative estimate of drug-likeness (QED) is 0.765. The molecule has 2 fully saturated rings. The average Bonchev–Trinajstić information content (AvgIpc) is 2.62. The summed E-state index contributed by atoms with van der Waals surface area (Å²) in [5.74, 6) is -0.0796. The average molecular weight is 242 g/mol. The fourth-order valence-electron chi connectivity index (χ4n) is 2.53. The molecule has 16 heavy (non-hydrogen) atoms. The van der Waals surface area contributed by atoms with Crippen molar-refractivity contribution in [3.05, 3.63) is 0 Å². The number of hydrogen-bond donors (Lipinski definition) is 1. The van der Waals surface area contributed by atoms with Crippen LogP contribution in [0.5, 0.6) is 0 Å². The lowest BCUT2D eigenvalue weighted by Gasteiger charge is -2.37. The van der Waals surface area contributed by atoms with Gasteiger partial charge in [0.15, 0.2) is 0 Å². The Bertz CT molecular complexity index is 284. The number of imide groups is 1. The number of urea groups is 1. The molecule has 4 nitrogen and oxygen atoms in total. The second-order valence-electron chi connectivity index (χ2n) is 4.59. The Labute approximate surface area is 100 Å². The molecule has 3 amide bonds. The van der Waals surface area contributed by atoms with E-state index in [1.54, 1.807) is 0 Å². The van der Waals surface area contributed by atoms with Gasteiger partial charge in [0, 0.05) is 11.3 Å². The van der Waals surface area contributed by atoms with Crippen LogP contribution in [0.25, 0.3) is 0 Å².